The lowest BCUT2D eigenvalue weighted by atomic mass is 9.91. The van der Waals surface area contributed by atoms with Gasteiger partial charge in [-0.1, -0.05) is 13.3 Å². The Morgan fingerprint density at radius 3 is 2.52 bits per heavy atom. The molecule has 3 amide bonds. The first-order valence-corrected chi connectivity index (χ1v) is 9.13. The lowest BCUT2D eigenvalue weighted by Gasteiger charge is -2.38. The van der Waals surface area contributed by atoms with Gasteiger partial charge in [0.25, 0.3) is 0 Å². The maximum Gasteiger partial charge on any atom is 0.410 e. The van der Waals surface area contributed by atoms with Crippen LogP contribution in [-0.4, -0.2) is 83.8 Å². The van der Waals surface area contributed by atoms with E-state index in [9.17, 15) is 14.4 Å². The second kappa shape index (κ2) is 7.09. The highest BCUT2D eigenvalue weighted by Gasteiger charge is 2.48. The van der Waals surface area contributed by atoms with Gasteiger partial charge in [-0.15, -0.1) is 0 Å². The summed E-state index contributed by atoms with van der Waals surface area (Å²) in [4.78, 5) is 41.1. The molecular formula is C17H27N3O5. The van der Waals surface area contributed by atoms with Crippen LogP contribution in [-0.2, 0) is 14.3 Å². The molecule has 0 aromatic heterocycles. The predicted molar refractivity (Wildman–Crippen MR) is 89.0 cm³/mol. The zero-order valence-corrected chi connectivity index (χ0v) is 15.0. The average Bonchev–Trinajstić information content (AvgIpc) is 3.12. The Bertz CT molecular complexity index is 544. The smallest absolute Gasteiger partial charge is 0.410 e. The summed E-state index contributed by atoms with van der Waals surface area (Å²) in [7, 11) is 0. The van der Waals surface area contributed by atoms with Gasteiger partial charge in [0.2, 0.25) is 5.91 Å². The molecular weight excluding hydrogens is 326 g/mol. The molecule has 0 bridgehead atoms. The minimum atomic E-state index is -0.470. The van der Waals surface area contributed by atoms with E-state index in [1.807, 2.05) is 4.90 Å². The van der Waals surface area contributed by atoms with E-state index in [1.165, 1.54) is 4.90 Å². The summed E-state index contributed by atoms with van der Waals surface area (Å²) in [6.07, 6.45) is 2.61. The number of hydrogen-bond donors (Lipinski definition) is 0. The van der Waals surface area contributed by atoms with E-state index in [0.29, 0.717) is 45.6 Å². The van der Waals surface area contributed by atoms with Gasteiger partial charge in [0, 0.05) is 32.0 Å². The van der Waals surface area contributed by atoms with Gasteiger partial charge in [0.05, 0.1) is 13.1 Å². The minimum absolute atomic E-state index is 0.0608. The molecule has 1 atom stereocenters. The number of nitrogens with zero attached hydrogens (tertiary/aromatic N) is 3. The van der Waals surface area contributed by atoms with Crippen LogP contribution in [0.15, 0.2) is 0 Å². The van der Waals surface area contributed by atoms with Crippen molar-refractivity contribution < 1.29 is 23.9 Å². The molecule has 0 radical (unpaired) electrons. The second-order valence-corrected chi connectivity index (χ2v) is 7.23. The van der Waals surface area contributed by atoms with Crippen molar-refractivity contribution in [2.45, 2.75) is 51.2 Å². The third-order valence-electron chi connectivity index (χ3n) is 5.43. The zero-order chi connectivity index (χ0) is 18.0. The van der Waals surface area contributed by atoms with Crippen LogP contribution < -0.4 is 0 Å². The quantitative estimate of drug-likeness (QED) is 0.747. The fourth-order valence-corrected chi connectivity index (χ4v) is 3.82. The number of ether oxygens (including phenoxy) is 2. The van der Waals surface area contributed by atoms with Crippen molar-refractivity contribution >= 4 is 18.1 Å². The molecule has 0 saturated carbocycles. The van der Waals surface area contributed by atoms with Crippen LogP contribution in [0.2, 0.25) is 0 Å². The lowest BCUT2D eigenvalue weighted by Crippen LogP contribution is -2.51. The molecule has 1 unspecified atom stereocenters. The van der Waals surface area contributed by atoms with Gasteiger partial charge in [-0.2, -0.15) is 0 Å². The van der Waals surface area contributed by atoms with Crippen molar-refractivity contribution in [2.24, 2.45) is 0 Å². The van der Waals surface area contributed by atoms with Crippen LogP contribution in [0.5, 0.6) is 0 Å². The summed E-state index contributed by atoms with van der Waals surface area (Å²) in [6.45, 7) is 6.72. The number of amides is 3. The van der Waals surface area contributed by atoms with Crippen LogP contribution >= 0.6 is 0 Å². The monoisotopic (exact) mass is 353 g/mol. The van der Waals surface area contributed by atoms with E-state index < -0.39 is 11.7 Å². The van der Waals surface area contributed by atoms with Crippen LogP contribution in [0.3, 0.4) is 0 Å². The fraction of sp³-hybridized carbons (Fsp3) is 0.824. The van der Waals surface area contributed by atoms with E-state index in [-0.39, 0.29) is 24.6 Å². The van der Waals surface area contributed by atoms with Gasteiger partial charge < -0.3 is 19.3 Å². The van der Waals surface area contributed by atoms with Crippen molar-refractivity contribution in [1.82, 2.24) is 14.7 Å². The third-order valence-corrected chi connectivity index (χ3v) is 5.43. The fourth-order valence-electron chi connectivity index (χ4n) is 3.82. The third kappa shape index (κ3) is 3.67. The van der Waals surface area contributed by atoms with Gasteiger partial charge in [0.15, 0.2) is 0 Å². The van der Waals surface area contributed by atoms with Crippen molar-refractivity contribution in [3.8, 4) is 0 Å². The Balaban J connectivity index is 1.52. The molecule has 3 aliphatic heterocycles. The van der Waals surface area contributed by atoms with Gasteiger partial charge in [-0.25, -0.2) is 9.59 Å². The molecule has 3 saturated heterocycles. The molecule has 3 fully saturated rings. The van der Waals surface area contributed by atoms with Gasteiger partial charge in [-0.05, 0) is 13.3 Å². The normalized spacial score (nSPS) is 23.8. The molecule has 3 heterocycles. The molecule has 3 aliphatic rings. The molecule has 8 heteroatoms. The number of carbonyl (C=O) groups is 3. The Morgan fingerprint density at radius 1 is 1.20 bits per heavy atom. The van der Waals surface area contributed by atoms with Crippen LogP contribution in [0.1, 0.15) is 39.5 Å². The number of piperidine rings is 1. The molecule has 1 spiro atoms. The molecule has 0 aromatic carbocycles. The summed E-state index contributed by atoms with van der Waals surface area (Å²) in [5.41, 5.74) is -0.470. The van der Waals surface area contributed by atoms with E-state index >= 15 is 0 Å². The summed E-state index contributed by atoms with van der Waals surface area (Å²) < 4.78 is 10.6. The van der Waals surface area contributed by atoms with E-state index in [1.54, 1.807) is 4.90 Å². The summed E-state index contributed by atoms with van der Waals surface area (Å²) in [5.74, 6) is -0.0748. The highest BCUT2D eigenvalue weighted by Crippen LogP contribution is 2.34. The van der Waals surface area contributed by atoms with Crippen molar-refractivity contribution in [2.75, 3.05) is 39.3 Å². The SMILES string of the molecule is CCCC(C)N1CC2(CCN(C(=O)CN3CCOC3=O)CC2)OC1=O. The number of likely N-dealkylation sites (tertiary alicyclic amines) is 1. The van der Waals surface area contributed by atoms with Gasteiger partial charge >= 0.3 is 12.2 Å². The first-order valence-electron chi connectivity index (χ1n) is 9.13. The maximum atomic E-state index is 12.4. The standard InChI is InChI=1S/C17H27N3O5/c1-3-4-13(2)20-12-17(25-16(20)23)5-7-18(8-6-17)14(21)11-19-9-10-24-15(19)22/h13H,3-12H2,1-2H3. The number of carbonyl (C=O) groups excluding carboxylic acids is 3. The number of cyclic esters (lactones) is 1. The first kappa shape index (κ1) is 17.8. The van der Waals surface area contributed by atoms with Crippen molar-refractivity contribution in [1.29, 1.82) is 0 Å². The largest absolute Gasteiger partial charge is 0.448 e. The molecule has 140 valence electrons. The van der Waals surface area contributed by atoms with Crippen LogP contribution in [0, 0.1) is 0 Å². The summed E-state index contributed by atoms with van der Waals surface area (Å²) >= 11 is 0. The van der Waals surface area contributed by atoms with Gasteiger partial charge in [0.1, 0.15) is 18.8 Å². The topological polar surface area (TPSA) is 79.4 Å². The zero-order valence-electron chi connectivity index (χ0n) is 15.0. The second-order valence-electron chi connectivity index (χ2n) is 7.23. The molecule has 0 aliphatic carbocycles. The molecule has 0 aromatic rings. The first-order chi connectivity index (χ1) is 11.9. The molecule has 25 heavy (non-hydrogen) atoms. The Kier molecular flexibility index (Phi) is 5.06. The van der Waals surface area contributed by atoms with E-state index in [2.05, 4.69) is 13.8 Å². The Labute approximate surface area is 148 Å². The van der Waals surface area contributed by atoms with Gasteiger partial charge in [-0.3, -0.25) is 9.69 Å². The molecule has 8 nitrogen and oxygen atoms in total. The lowest BCUT2D eigenvalue weighted by molar-refractivity contribution is -0.135. The number of hydrogen-bond acceptors (Lipinski definition) is 5. The highest BCUT2D eigenvalue weighted by molar-refractivity contribution is 5.83. The summed E-state index contributed by atoms with van der Waals surface area (Å²) in [5, 5.41) is 0. The van der Waals surface area contributed by atoms with Crippen molar-refractivity contribution in [3.05, 3.63) is 0 Å². The highest BCUT2D eigenvalue weighted by atomic mass is 16.6. The molecule has 3 rings (SSSR count). The Morgan fingerprint density at radius 2 is 1.92 bits per heavy atom. The van der Waals surface area contributed by atoms with Crippen molar-refractivity contribution in [3.63, 3.8) is 0 Å². The maximum absolute atomic E-state index is 12.4. The van der Waals surface area contributed by atoms with E-state index in [0.717, 1.165) is 12.8 Å². The Hall–Kier alpha value is -1.99. The number of rotatable bonds is 5. The summed E-state index contributed by atoms with van der Waals surface area (Å²) in [6, 6.07) is 0.178. The van der Waals surface area contributed by atoms with Crippen LogP contribution in [0.25, 0.3) is 0 Å². The molecule has 0 N–H and O–H groups in total. The predicted octanol–water partition coefficient (Wildman–Crippen LogP) is 1.44. The minimum Gasteiger partial charge on any atom is -0.448 e. The average molecular weight is 353 g/mol. The van der Waals surface area contributed by atoms with Crippen LogP contribution in [0.4, 0.5) is 9.59 Å². The van der Waals surface area contributed by atoms with E-state index in [4.69, 9.17) is 9.47 Å².